The highest BCUT2D eigenvalue weighted by Gasteiger charge is 2.27. The van der Waals surface area contributed by atoms with E-state index in [0.717, 1.165) is 6.07 Å². The predicted molar refractivity (Wildman–Crippen MR) is 90.9 cm³/mol. The average Bonchev–Trinajstić information content (AvgIpc) is 2.58. The summed E-state index contributed by atoms with van der Waals surface area (Å²) in [4.78, 5) is 24.0. The summed E-state index contributed by atoms with van der Waals surface area (Å²) in [6.45, 7) is 5.52. The van der Waals surface area contributed by atoms with E-state index < -0.39 is 17.1 Å². The first-order valence-corrected chi connectivity index (χ1v) is 7.79. The van der Waals surface area contributed by atoms with E-state index in [1.54, 1.807) is 13.8 Å². The van der Waals surface area contributed by atoms with Gasteiger partial charge in [0.2, 0.25) is 0 Å². The molecule has 2 rings (SSSR count). The molecule has 0 radical (unpaired) electrons. The third kappa shape index (κ3) is 4.50. The van der Waals surface area contributed by atoms with Crippen molar-refractivity contribution < 1.29 is 29.3 Å². The number of benzene rings is 2. The van der Waals surface area contributed by atoms with Crippen LogP contribution < -0.4 is 9.47 Å². The number of hydrogen-bond donors (Lipinski definition) is 2. The molecular formula is C19H20O6. The van der Waals surface area contributed by atoms with Gasteiger partial charge in [0, 0.05) is 0 Å². The topological polar surface area (TPSA) is 93.1 Å². The molecule has 0 unspecified atom stereocenters. The first kappa shape index (κ1) is 18.3. The molecular weight excluding hydrogens is 324 g/mol. The van der Waals surface area contributed by atoms with Crippen LogP contribution in [0, 0.1) is 5.41 Å². The summed E-state index contributed by atoms with van der Waals surface area (Å²) < 4.78 is 10.5. The maximum atomic E-state index is 12.0. The Hall–Kier alpha value is -3.02. The molecule has 0 amide bonds. The zero-order valence-corrected chi connectivity index (χ0v) is 14.3. The Kier molecular flexibility index (Phi) is 5.32. The molecule has 0 aliphatic carbocycles. The van der Waals surface area contributed by atoms with Crippen LogP contribution in [0.4, 0.5) is 0 Å². The van der Waals surface area contributed by atoms with Gasteiger partial charge in [-0.3, -0.25) is 4.79 Å². The van der Waals surface area contributed by atoms with Gasteiger partial charge in [-0.1, -0.05) is 6.92 Å². The minimum absolute atomic E-state index is 0.0931. The number of hydrogen-bond acceptors (Lipinski definition) is 6. The first-order valence-electron chi connectivity index (χ1n) is 7.79. The van der Waals surface area contributed by atoms with Crippen LogP contribution in [0.25, 0.3) is 0 Å². The largest absolute Gasteiger partial charge is 0.504 e. The van der Waals surface area contributed by atoms with E-state index >= 15 is 0 Å². The molecule has 25 heavy (non-hydrogen) atoms. The van der Waals surface area contributed by atoms with Crippen LogP contribution in [-0.2, 0) is 4.79 Å². The van der Waals surface area contributed by atoms with Crippen molar-refractivity contribution in [2.24, 2.45) is 5.41 Å². The SMILES string of the molecule is CCC(C)(C)C(=O)Oc1ccc(OC(=O)c2ccc(O)c(O)c2)cc1. The van der Waals surface area contributed by atoms with E-state index in [-0.39, 0.29) is 23.0 Å². The van der Waals surface area contributed by atoms with Gasteiger partial charge in [0.05, 0.1) is 11.0 Å². The average molecular weight is 344 g/mol. The third-order valence-corrected chi connectivity index (χ3v) is 3.89. The number of esters is 2. The van der Waals surface area contributed by atoms with Gasteiger partial charge in [0.25, 0.3) is 0 Å². The maximum absolute atomic E-state index is 12.0. The summed E-state index contributed by atoms with van der Waals surface area (Å²) in [6.07, 6.45) is 0.654. The highest BCUT2D eigenvalue weighted by Crippen LogP contribution is 2.27. The van der Waals surface area contributed by atoms with Crippen LogP contribution >= 0.6 is 0 Å². The number of rotatable bonds is 5. The standard InChI is InChI=1S/C19H20O6/c1-4-19(2,3)18(23)25-14-8-6-13(7-9-14)24-17(22)12-5-10-15(20)16(21)11-12/h5-11,20-21H,4H2,1-3H3. The van der Waals surface area contributed by atoms with Crippen molar-refractivity contribution in [2.45, 2.75) is 27.2 Å². The number of aromatic hydroxyl groups is 2. The van der Waals surface area contributed by atoms with Crippen molar-refractivity contribution in [1.29, 1.82) is 0 Å². The summed E-state index contributed by atoms with van der Waals surface area (Å²) >= 11 is 0. The number of carbonyl (C=O) groups excluding carboxylic acids is 2. The van der Waals surface area contributed by atoms with E-state index in [4.69, 9.17) is 9.47 Å². The third-order valence-electron chi connectivity index (χ3n) is 3.89. The van der Waals surface area contributed by atoms with Gasteiger partial charge in [-0.15, -0.1) is 0 Å². The number of phenolic OH excluding ortho intramolecular Hbond substituents is 2. The lowest BCUT2D eigenvalue weighted by Gasteiger charge is -2.20. The molecule has 2 aromatic carbocycles. The van der Waals surface area contributed by atoms with Crippen molar-refractivity contribution in [3.05, 3.63) is 48.0 Å². The molecule has 0 aliphatic rings. The van der Waals surface area contributed by atoms with Crippen LogP contribution in [0.15, 0.2) is 42.5 Å². The van der Waals surface area contributed by atoms with Gasteiger partial charge in [0.15, 0.2) is 11.5 Å². The normalized spacial score (nSPS) is 11.0. The molecule has 0 saturated heterocycles. The van der Waals surface area contributed by atoms with Crippen molar-refractivity contribution >= 4 is 11.9 Å². The zero-order chi connectivity index (χ0) is 18.6. The van der Waals surface area contributed by atoms with Crippen LogP contribution in [0.5, 0.6) is 23.0 Å². The molecule has 0 fully saturated rings. The number of carbonyl (C=O) groups is 2. The molecule has 0 aliphatic heterocycles. The Labute approximate surface area is 145 Å². The Balaban J connectivity index is 2.03. The highest BCUT2D eigenvalue weighted by atomic mass is 16.5. The molecule has 0 atom stereocenters. The second-order valence-corrected chi connectivity index (χ2v) is 6.19. The minimum Gasteiger partial charge on any atom is -0.504 e. The molecule has 0 heterocycles. The fourth-order valence-electron chi connectivity index (χ4n) is 1.78. The van der Waals surface area contributed by atoms with Crippen molar-refractivity contribution in [3.8, 4) is 23.0 Å². The van der Waals surface area contributed by atoms with Crippen molar-refractivity contribution in [1.82, 2.24) is 0 Å². The molecule has 2 aromatic rings. The van der Waals surface area contributed by atoms with E-state index in [0.29, 0.717) is 12.2 Å². The van der Waals surface area contributed by atoms with Crippen LogP contribution in [-0.4, -0.2) is 22.2 Å². The Morgan fingerprint density at radius 2 is 1.48 bits per heavy atom. The number of phenols is 2. The Morgan fingerprint density at radius 1 is 0.920 bits per heavy atom. The summed E-state index contributed by atoms with van der Waals surface area (Å²) in [5, 5.41) is 18.7. The van der Waals surface area contributed by atoms with Gasteiger partial charge in [-0.2, -0.15) is 0 Å². The molecule has 0 saturated carbocycles. The molecule has 132 valence electrons. The van der Waals surface area contributed by atoms with Crippen LogP contribution in [0.2, 0.25) is 0 Å². The van der Waals surface area contributed by atoms with Crippen LogP contribution in [0.3, 0.4) is 0 Å². The predicted octanol–water partition coefficient (Wildman–Crippen LogP) is 3.66. The number of ether oxygens (including phenoxy) is 2. The van der Waals surface area contributed by atoms with Gasteiger partial charge in [-0.05, 0) is 62.7 Å². The van der Waals surface area contributed by atoms with Gasteiger partial charge in [-0.25, -0.2) is 4.79 Å². The van der Waals surface area contributed by atoms with E-state index in [2.05, 4.69) is 0 Å². The molecule has 0 bridgehead atoms. The first-order chi connectivity index (χ1) is 11.7. The second kappa shape index (κ2) is 7.25. The minimum atomic E-state index is -0.688. The molecule has 0 spiro atoms. The fraction of sp³-hybridized carbons (Fsp3) is 0.263. The molecule has 2 N–H and O–H groups in total. The smallest absolute Gasteiger partial charge is 0.343 e. The lowest BCUT2D eigenvalue weighted by atomic mass is 9.91. The molecule has 0 aromatic heterocycles. The van der Waals surface area contributed by atoms with Crippen LogP contribution in [0.1, 0.15) is 37.6 Å². The van der Waals surface area contributed by atoms with Gasteiger partial charge >= 0.3 is 11.9 Å². The van der Waals surface area contributed by atoms with E-state index in [9.17, 15) is 19.8 Å². The lowest BCUT2D eigenvalue weighted by molar-refractivity contribution is -0.144. The van der Waals surface area contributed by atoms with E-state index in [1.165, 1.54) is 36.4 Å². The molecule has 6 nitrogen and oxygen atoms in total. The quantitative estimate of drug-likeness (QED) is 0.488. The summed E-state index contributed by atoms with van der Waals surface area (Å²) in [6, 6.07) is 9.70. The monoisotopic (exact) mass is 344 g/mol. The summed E-state index contributed by atoms with van der Waals surface area (Å²) in [7, 11) is 0. The Morgan fingerprint density at radius 3 is 2.00 bits per heavy atom. The Bertz CT molecular complexity index is 777. The van der Waals surface area contributed by atoms with E-state index in [1.807, 2.05) is 6.92 Å². The van der Waals surface area contributed by atoms with Crippen molar-refractivity contribution in [3.63, 3.8) is 0 Å². The maximum Gasteiger partial charge on any atom is 0.343 e. The summed E-state index contributed by atoms with van der Waals surface area (Å²) in [5.74, 6) is -1.14. The lowest BCUT2D eigenvalue weighted by Crippen LogP contribution is -2.28. The van der Waals surface area contributed by atoms with Gasteiger partial charge in [0.1, 0.15) is 11.5 Å². The molecule has 6 heteroatoms. The second-order valence-electron chi connectivity index (χ2n) is 6.19. The summed E-state index contributed by atoms with van der Waals surface area (Å²) in [5.41, 5.74) is -0.484. The van der Waals surface area contributed by atoms with Crippen molar-refractivity contribution in [2.75, 3.05) is 0 Å². The fourth-order valence-corrected chi connectivity index (χ4v) is 1.78. The highest BCUT2D eigenvalue weighted by molar-refractivity contribution is 5.91. The zero-order valence-electron chi connectivity index (χ0n) is 14.3. The van der Waals surface area contributed by atoms with Gasteiger partial charge < -0.3 is 19.7 Å².